The van der Waals surface area contributed by atoms with Gasteiger partial charge in [-0.2, -0.15) is 0 Å². The van der Waals surface area contributed by atoms with Gasteiger partial charge < -0.3 is 10.6 Å². The summed E-state index contributed by atoms with van der Waals surface area (Å²) >= 11 is 0. The standard InChI is InChI=1S/C23H26N2O/c1-15-12-16(2)23(17(3)13-15)25-22(26)14-24-18(4)20-11-7-9-19-8-5-6-10-21(19)20/h5-13,18,24H,14H2,1-4H3,(H,25,26)/p+1/t18-/m0/s1. The molecule has 1 atom stereocenters. The van der Waals surface area contributed by atoms with Crippen LogP contribution in [0.25, 0.3) is 10.8 Å². The van der Waals surface area contributed by atoms with Crippen molar-refractivity contribution >= 4 is 22.4 Å². The van der Waals surface area contributed by atoms with Crippen LogP contribution in [0.2, 0.25) is 0 Å². The number of amides is 1. The maximum atomic E-state index is 12.5. The number of carbonyl (C=O) groups is 1. The zero-order valence-electron chi connectivity index (χ0n) is 16.0. The molecule has 0 bridgehead atoms. The lowest BCUT2D eigenvalue weighted by Crippen LogP contribution is -2.86. The van der Waals surface area contributed by atoms with Crippen molar-refractivity contribution in [3.8, 4) is 0 Å². The average Bonchev–Trinajstić information content (AvgIpc) is 2.62. The fourth-order valence-corrected chi connectivity index (χ4v) is 3.63. The minimum Gasteiger partial charge on any atom is -0.332 e. The first-order valence-corrected chi connectivity index (χ1v) is 9.14. The number of aryl methyl sites for hydroxylation is 3. The van der Waals surface area contributed by atoms with Gasteiger partial charge in [0.15, 0.2) is 6.54 Å². The molecule has 3 N–H and O–H groups in total. The zero-order chi connectivity index (χ0) is 18.7. The SMILES string of the molecule is Cc1cc(C)c(NC(=O)C[NH2+][C@@H](C)c2cccc3ccccc23)c(C)c1. The lowest BCUT2D eigenvalue weighted by atomic mass is 10.00. The number of nitrogens with one attached hydrogen (secondary N) is 1. The lowest BCUT2D eigenvalue weighted by Gasteiger charge is -2.15. The van der Waals surface area contributed by atoms with E-state index in [9.17, 15) is 4.79 Å². The van der Waals surface area contributed by atoms with Gasteiger partial charge in [-0.15, -0.1) is 0 Å². The molecular weight excluding hydrogens is 320 g/mol. The summed E-state index contributed by atoms with van der Waals surface area (Å²) in [4.78, 5) is 12.5. The molecule has 0 aromatic heterocycles. The molecule has 0 heterocycles. The number of hydrogen-bond acceptors (Lipinski definition) is 1. The Bertz CT molecular complexity index is 918. The second-order valence-electron chi connectivity index (χ2n) is 7.12. The monoisotopic (exact) mass is 347 g/mol. The Morgan fingerprint density at radius 2 is 1.65 bits per heavy atom. The van der Waals surface area contributed by atoms with Crippen molar-refractivity contribution in [2.75, 3.05) is 11.9 Å². The van der Waals surface area contributed by atoms with Crippen LogP contribution in [0.3, 0.4) is 0 Å². The smallest absolute Gasteiger partial charge is 0.279 e. The first kappa shape index (κ1) is 18.2. The summed E-state index contributed by atoms with van der Waals surface area (Å²) in [6, 6.07) is 19.2. The van der Waals surface area contributed by atoms with Crippen LogP contribution in [0.15, 0.2) is 54.6 Å². The Kier molecular flexibility index (Phi) is 5.38. The largest absolute Gasteiger partial charge is 0.332 e. The second kappa shape index (κ2) is 7.71. The maximum Gasteiger partial charge on any atom is 0.279 e. The predicted octanol–water partition coefficient (Wildman–Crippen LogP) is 4.03. The van der Waals surface area contributed by atoms with Gasteiger partial charge in [-0.25, -0.2) is 0 Å². The number of rotatable bonds is 5. The van der Waals surface area contributed by atoms with Crippen LogP contribution in [0.4, 0.5) is 5.69 Å². The zero-order valence-corrected chi connectivity index (χ0v) is 16.0. The first-order chi connectivity index (χ1) is 12.5. The third kappa shape index (κ3) is 3.94. The molecular formula is C23H27N2O+. The van der Waals surface area contributed by atoms with E-state index in [1.165, 1.54) is 21.9 Å². The number of anilines is 1. The summed E-state index contributed by atoms with van der Waals surface area (Å²) in [6.45, 7) is 8.70. The van der Waals surface area contributed by atoms with Crippen molar-refractivity contribution in [1.82, 2.24) is 0 Å². The lowest BCUT2D eigenvalue weighted by molar-refractivity contribution is -0.682. The summed E-state index contributed by atoms with van der Waals surface area (Å²) in [6.07, 6.45) is 0. The van der Waals surface area contributed by atoms with E-state index in [0.717, 1.165) is 16.8 Å². The Balaban J connectivity index is 1.68. The van der Waals surface area contributed by atoms with Crippen LogP contribution in [-0.4, -0.2) is 12.5 Å². The van der Waals surface area contributed by atoms with Crippen LogP contribution in [0.5, 0.6) is 0 Å². The van der Waals surface area contributed by atoms with E-state index >= 15 is 0 Å². The Hall–Kier alpha value is -2.65. The van der Waals surface area contributed by atoms with Gasteiger partial charge in [0.1, 0.15) is 6.04 Å². The van der Waals surface area contributed by atoms with Gasteiger partial charge >= 0.3 is 0 Å². The molecule has 0 aliphatic carbocycles. The molecule has 0 saturated heterocycles. The van der Waals surface area contributed by atoms with E-state index in [2.05, 4.69) is 79.1 Å². The first-order valence-electron chi connectivity index (χ1n) is 9.14. The van der Waals surface area contributed by atoms with Crippen molar-refractivity contribution < 1.29 is 10.1 Å². The van der Waals surface area contributed by atoms with Crippen molar-refractivity contribution in [2.24, 2.45) is 0 Å². The van der Waals surface area contributed by atoms with Crippen LogP contribution in [0, 0.1) is 20.8 Å². The quantitative estimate of drug-likeness (QED) is 0.719. The number of nitrogens with two attached hydrogens (primary N) is 1. The number of benzene rings is 3. The minimum atomic E-state index is 0.0344. The van der Waals surface area contributed by atoms with Crippen molar-refractivity contribution in [2.45, 2.75) is 33.7 Å². The van der Waals surface area contributed by atoms with Gasteiger partial charge in [0.2, 0.25) is 0 Å². The van der Waals surface area contributed by atoms with Gasteiger partial charge in [-0.3, -0.25) is 4.79 Å². The highest BCUT2D eigenvalue weighted by Gasteiger charge is 2.15. The van der Waals surface area contributed by atoms with E-state index < -0.39 is 0 Å². The average molecular weight is 347 g/mol. The second-order valence-corrected chi connectivity index (χ2v) is 7.12. The molecule has 0 fully saturated rings. The van der Waals surface area contributed by atoms with E-state index in [1.54, 1.807) is 0 Å². The Morgan fingerprint density at radius 3 is 2.38 bits per heavy atom. The van der Waals surface area contributed by atoms with Crippen molar-refractivity contribution in [3.05, 3.63) is 76.9 Å². The van der Waals surface area contributed by atoms with Crippen LogP contribution >= 0.6 is 0 Å². The summed E-state index contributed by atoms with van der Waals surface area (Å²) in [5, 5.41) is 7.66. The predicted molar refractivity (Wildman–Crippen MR) is 108 cm³/mol. The van der Waals surface area contributed by atoms with Crippen LogP contribution < -0.4 is 10.6 Å². The molecule has 0 aliphatic heterocycles. The molecule has 3 aromatic carbocycles. The van der Waals surface area contributed by atoms with E-state index in [0.29, 0.717) is 6.54 Å². The normalized spacial score (nSPS) is 12.2. The Labute approximate surface area is 155 Å². The van der Waals surface area contributed by atoms with E-state index in [-0.39, 0.29) is 11.9 Å². The molecule has 26 heavy (non-hydrogen) atoms. The van der Waals surface area contributed by atoms with Gasteiger partial charge in [0.25, 0.3) is 5.91 Å². The molecule has 0 saturated carbocycles. The third-order valence-electron chi connectivity index (χ3n) is 4.91. The molecule has 3 rings (SSSR count). The third-order valence-corrected chi connectivity index (χ3v) is 4.91. The summed E-state index contributed by atoms with van der Waals surface area (Å²) in [5.74, 6) is 0.0344. The number of hydrogen-bond donors (Lipinski definition) is 2. The molecule has 1 amide bonds. The summed E-state index contributed by atoms with van der Waals surface area (Å²) < 4.78 is 0. The summed E-state index contributed by atoms with van der Waals surface area (Å²) in [5.41, 5.74) is 5.63. The number of quaternary nitrogens is 1. The Morgan fingerprint density at radius 1 is 1.00 bits per heavy atom. The number of carbonyl (C=O) groups excluding carboxylic acids is 1. The van der Waals surface area contributed by atoms with Gasteiger partial charge in [0, 0.05) is 11.3 Å². The molecule has 134 valence electrons. The van der Waals surface area contributed by atoms with Crippen molar-refractivity contribution in [3.63, 3.8) is 0 Å². The molecule has 3 nitrogen and oxygen atoms in total. The van der Waals surface area contributed by atoms with Gasteiger partial charge in [-0.1, -0.05) is 60.2 Å². The highest BCUT2D eigenvalue weighted by molar-refractivity contribution is 5.93. The highest BCUT2D eigenvalue weighted by atomic mass is 16.1. The summed E-state index contributed by atoms with van der Waals surface area (Å²) in [7, 11) is 0. The number of fused-ring (bicyclic) bond motifs is 1. The van der Waals surface area contributed by atoms with E-state index in [1.807, 2.05) is 13.8 Å². The molecule has 0 aliphatic rings. The van der Waals surface area contributed by atoms with Crippen LogP contribution in [-0.2, 0) is 4.79 Å². The molecule has 3 aromatic rings. The molecule has 0 spiro atoms. The molecule has 0 radical (unpaired) electrons. The maximum absolute atomic E-state index is 12.5. The topological polar surface area (TPSA) is 45.7 Å². The fourth-order valence-electron chi connectivity index (χ4n) is 3.63. The highest BCUT2D eigenvalue weighted by Crippen LogP contribution is 2.23. The van der Waals surface area contributed by atoms with Gasteiger partial charge in [0.05, 0.1) is 0 Å². The van der Waals surface area contributed by atoms with Gasteiger partial charge in [-0.05, 0) is 49.6 Å². The minimum absolute atomic E-state index is 0.0344. The van der Waals surface area contributed by atoms with E-state index in [4.69, 9.17) is 0 Å². The fraction of sp³-hybridized carbons (Fsp3) is 0.261. The van der Waals surface area contributed by atoms with Crippen molar-refractivity contribution in [1.29, 1.82) is 0 Å². The van der Waals surface area contributed by atoms with Crippen LogP contribution in [0.1, 0.15) is 35.2 Å². The molecule has 3 heteroatoms. The molecule has 0 unspecified atom stereocenters.